The summed E-state index contributed by atoms with van der Waals surface area (Å²) in [4.78, 5) is 12.4. The molecule has 6 nitrogen and oxygen atoms in total. The molecule has 0 radical (unpaired) electrons. The lowest BCUT2D eigenvalue weighted by atomic mass is 10.2. The van der Waals surface area contributed by atoms with Crippen molar-refractivity contribution in [2.75, 3.05) is 12.4 Å². The van der Waals surface area contributed by atoms with Gasteiger partial charge in [-0.1, -0.05) is 23.4 Å². The predicted octanol–water partition coefficient (Wildman–Crippen LogP) is 4.66. The van der Waals surface area contributed by atoms with Gasteiger partial charge in [-0.25, -0.2) is 4.39 Å². The quantitative estimate of drug-likeness (QED) is 0.599. The third-order valence-corrected chi connectivity index (χ3v) is 4.79. The first-order chi connectivity index (χ1) is 13.0. The Bertz CT molecular complexity index is 949. The second-order valence-corrected chi connectivity index (χ2v) is 7.18. The highest BCUT2D eigenvalue weighted by Crippen LogP contribution is 2.29. The summed E-state index contributed by atoms with van der Waals surface area (Å²) in [7, 11) is 1.52. The van der Waals surface area contributed by atoms with Crippen molar-refractivity contribution in [2.24, 2.45) is 0 Å². The van der Waals surface area contributed by atoms with Gasteiger partial charge in [-0.3, -0.25) is 4.79 Å². The monoisotopic (exact) mass is 407 g/mol. The van der Waals surface area contributed by atoms with Crippen molar-refractivity contribution < 1.29 is 18.3 Å². The van der Waals surface area contributed by atoms with Crippen LogP contribution in [0.25, 0.3) is 11.5 Å². The molecule has 3 rings (SSSR count). The zero-order chi connectivity index (χ0) is 19.4. The van der Waals surface area contributed by atoms with Crippen LogP contribution < -0.4 is 10.1 Å². The minimum absolute atomic E-state index is 0.240. The number of halogens is 2. The number of carbonyl (C=O) groups is 1. The molecule has 9 heteroatoms. The van der Waals surface area contributed by atoms with E-state index in [9.17, 15) is 9.18 Å². The summed E-state index contributed by atoms with van der Waals surface area (Å²) in [5.74, 6) is 0.183. The van der Waals surface area contributed by atoms with Crippen molar-refractivity contribution in [1.29, 1.82) is 0 Å². The maximum absolute atomic E-state index is 13.0. The van der Waals surface area contributed by atoms with Gasteiger partial charge in [-0.05, 0) is 49.4 Å². The van der Waals surface area contributed by atoms with Gasteiger partial charge in [0.15, 0.2) is 0 Å². The number of hydrogen-bond donors (Lipinski definition) is 1. The van der Waals surface area contributed by atoms with Crippen molar-refractivity contribution in [3.8, 4) is 17.2 Å². The highest BCUT2D eigenvalue weighted by Gasteiger charge is 2.19. The number of anilines is 1. The molecular formula is C18H15ClFN3O3S. The summed E-state index contributed by atoms with van der Waals surface area (Å²) >= 11 is 7.17. The normalized spacial score (nSPS) is 11.9. The minimum atomic E-state index is -0.493. The van der Waals surface area contributed by atoms with Crippen molar-refractivity contribution >= 4 is 35.0 Å². The van der Waals surface area contributed by atoms with E-state index in [-0.39, 0.29) is 22.8 Å². The topological polar surface area (TPSA) is 77.2 Å². The van der Waals surface area contributed by atoms with E-state index in [2.05, 4.69) is 15.5 Å². The Hall–Kier alpha value is -2.58. The van der Waals surface area contributed by atoms with Crippen LogP contribution in [0.2, 0.25) is 5.02 Å². The number of ether oxygens (including phenoxy) is 1. The van der Waals surface area contributed by atoms with Gasteiger partial charge in [-0.15, -0.1) is 10.2 Å². The fourth-order valence-electron chi connectivity index (χ4n) is 2.16. The third-order valence-electron chi connectivity index (χ3n) is 3.56. The zero-order valence-electron chi connectivity index (χ0n) is 14.4. The number of rotatable bonds is 6. The van der Waals surface area contributed by atoms with E-state index in [0.717, 1.165) is 11.8 Å². The smallest absolute Gasteiger partial charge is 0.277 e. The van der Waals surface area contributed by atoms with Crippen LogP contribution in [-0.4, -0.2) is 28.5 Å². The Morgan fingerprint density at radius 1 is 1.26 bits per heavy atom. The fraction of sp³-hybridized carbons (Fsp3) is 0.167. The van der Waals surface area contributed by atoms with E-state index < -0.39 is 5.25 Å². The number of methoxy groups -OCH3 is 1. The average molecular weight is 408 g/mol. The molecule has 0 aliphatic carbocycles. The van der Waals surface area contributed by atoms with Crippen LogP contribution in [0.5, 0.6) is 5.75 Å². The van der Waals surface area contributed by atoms with Crippen LogP contribution in [0, 0.1) is 5.82 Å². The SMILES string of the molecule is COc1ccc(NC(=O)[C@@H](C)Sc2nnc(-c3ccc(F)cc3)o2)cc1Cl. The highest BCUT2D eigenvalue weighted by atomic mass is 35.5. The van der Waals surface area contributed by atoms with Gasteiger partial charge in [0.1, 0.15) is 11.6 Å². The summed E-state index contributed by atoms with van der Waals surface area (Å²) in [6.45, 7) is 1.72. The van der Waals surface area contributed by atoms with E-state index in [1.165, 1.54) is 19.2 Å². The maximum Gasteiger partial charge on any atom is 0.277 e. The Morgan fingerprint density at radius 2 is 2.00 bits per heavy atom. The van der Waals surface area contributed by atoms with Gasteiger partial charge in [0, 0.05) is 11.3 Å². The van der Waals surface area contributed by atoms with Gasteiger partial charge < -0.3 is 14.5 Å². The van der Waals surface area contributed by atoms with Crippen LogP contribution >= 0.6 is 23.4 Å². The summed E-state index contributed by atoms with van der Waals surface area (Å²) in [5, 5.41) is 10.8. The molecule has 0 spiro atoms. The Balaban J connectivity index is 1.63. The van der Waals surface area contributed by atoms with Crippen LogP contribution in [0.1, 0.15) is 6.92 Å². The zero-order valence-corrected chi connectivity index (χ0v) is 16.0. The molecule has 1 N–H and O–H groups in total. The van der Waals surface area contributed by atoms with Crippen molar-refractivity contribution in [3.05, 3.63) is 53.3 Å². The molecule has 3 aromatic rings. The van der Waals surface area contributed by atoms with Crippen LogP contribution in [-0.2, 0) is 4.79 Å². The van der Waals surface area contributed by atoms with E-state index in [0.29, 0.717) is 22.0 Å². The molecule has 0 bridgehead atoms. The number of thioether (sulfide) groups is 1. The Kier molecular flexibility index (Phi) is 5.98. The van der Waals surface area contributed by atoms with Gasteiger partial charge in [0.05, 0.1) is 17.4 Å². The second-order valence-electron chi connectivity index (χ2n) is 5.48. The summed E-state index contributed by atoms with van der Waals surface area (Å²) in [6, 6.07) is 10.7. The van der Waals surface area contributed by atoms with Crippen LogP contribution in [0.15, 0.2) is 52.1 Å². The molecule has 0 saturated heterocycles. The molecule has 1 aromatic heterocycles. The molecule has 1 atom stereocenters. The van der Waals surface area contributed by atoms with E-state index in [1.807, 2.05) is 0 Å². The molecule has 0 fully saturated rings. The molecule has 0 aliphatic rings. The number of amides is 1. The van der Waals surface area contributed by atoms with Crippen molar-refractivity contribution in [1.82, 2.24) is 10.2 Å². The van der Waals surface area contributed by atoms with Crippen molar-refractivity contribution in [2.45, 2.75) is 17.4 Å². The molecule has 0 saturated carbocycles. The van der Waals surface area contributed by atoms with Gasteiger partial charge in [0.2, 0.25) is 11.8 Å². The lowest BCUT2D eigenvalue weighted by Gasteiger charge is -2.11. The van der Waals surface area contributed by atoms with Crippen LogP contribution in [0.3, 0.4) is 0 Å². The standard InChI is InChI=1S/C18H15ClFN3O3S/c1-10(16(24)21-13-7-8-15(25-2)14(19)9-13)27-18-23-22-17(26-18)11-3-5-12(20)6-4-11/h3-10H,1-2H3,(H,21,24)/t10-/m1/s1. The summed E-state index contributed by atoms with van der Waals surface area (Å²) in [6.07, 6.45) is 0. The van der Waals surface area contributed by atoms with Crippen molar-refractivity contribution in [3.63, 3.8) is 0 Å². The Labute approximate surface area is 164 Å². The van der Waals surface area contributed by atoms with Crippen LogP contribution in [0.4, 0.5) is 10.1 Å². The van der Waals surface area contributed by atoms with E-state index in [4.69, 9.17) is 20.8 Å². The van der Waals surface area contributed by atoms with E-state index >= 15 is 0 Å². The number of hydrogen-bond acceptors (Lipinski definition) is 6. The largest absolute Gasteiger partial charge is 0.495 e. The number of benzene rings is 2. The number of aromatic nitrogens is 2. The fourth-order valence-corrected chi connectivity index (χ4v) is 3.10. The van der Waals surface area contributed by atoms with Gasteiger partial charge in [0.25, 0.3) is 5.22 Å². The molecule has 27 heavy (non-hydrogen) atoms. The number of nitrogens with one attached hydrogen (secondary N) is 1. The number of carbonyl (C=O) groups excluding carboxylic acids is 1. The molecule has 1 heterocycles. The van der Waals surface area contributed by atoms with E-state index in [1.54, 1.807) is 37.3 Å². The first-order valence-corrected chi connectivity index (χ1v) is 9.12. The molecule has 0 unspecified atom stereocenters. The molecular weight excluding hydrogens is 393 g/mol. The molecule has 2 aromatic carbocycles. The maximum atomic E-state index is 13.0. The Morgan fingerprint density at radius 3 is 2.67 bits per heavy atom. The first-order valence-electron chi connectivity index (χ1n) is 7.87. The molecule has 1 amide bonds. The molecule has 0 aliphatic heterocycles. The minimum Gasteiger partial charge on any atom is -0.495 e. The van der Waals surface area contributed by atoms with Gasteiger partial charge in [-0.2, -0.15) is 0 Å². The number of nitrogens with zero attached hydrogens (tertiary/aromatic N) is 2. The predicted molar refractivity (Wildman–Crippen MR) is 102 cm³/mol. The average Bonchev–Trinajstić information content (AvgIpc) is 3.11. The lowest BCUT2D eigenvalue weighted by Crippen LogP contribution is -2.22. The highest BCUT2D eigenvalue weighted by molar-refractivity contribution is 8.00. The van der Waals surface area contributed by atoms with Gasteiger partial charge >= 0.3 is 0 Å². The summed E-state index contributed by atoms with van der Waals surface area (Å²) < 4.78 is 23.6. The second kappa shape index (κ2) is 8.41. The lowest BCUT2D eigenvalue weighted by molar-refractivity contribution is -0.115. The molecule has 140 valence electrons. The summed E-state index contributed by atoms with van der Waals surface area (Å²) in [5.41, 5.74) is 1.15. The first kappa shape index (κ1) is 19.2. The third kappa shape index (κ3) is 4.78.